The zero-order chi connectivity index (χ0) is 11.5. The quantitative estimate of drug-likeness (QED) is 0.675. The minimum absolute atomic E-state index is 0.0504. The van der Waals surface area contributed by atoms with Crippen molar-refractivity contribution in [1.29, 1.82) is 0 Å². The van der Waals surface area contributed by atoms with Gasteiger partial charge in [-0.05, 0) is 36.4 Å². The molecule has 0 aliphatic heterocycles. The highest BCUT2D eigenvalue weighted by atomic mass is 79.9. The first kappa shape index (κ1) is 10.9. The number of hydrogen-bond acceptors (Lipinski definition) is 2. The van der Waals surface area contributed by atoms with Crippen LogP contribution >= 0.6 is 15.9 Å². The predicted molar refractivity (Wildman–Crippen MR) is 68.4 cm³/mol. The molecule has 0 saturated heterocycles. The molecule has 0 atom stereocenters. The normalized spacial score (nSPS) is 10.1. The van der Waals surface area contributed by atoms with Gasteiger partial charge in [-0.1, -0.05) is 28.1 Å². The third kappa shape index (κ3) is 2.14. The molecule has 0 unspecified atom stereocenters. The largest absolute Gasteiger partial charge is 0.398 e. The fraction of sp³-hybridized carbons (Fsp3) is 0. The number of nitrogens with two attached hydrogens (primary N) is 1. The van der Waals surface area contributed by atoms with E-state index in [1.165, 1.54) is 0 Å². The van der Waals surface area contributed by atoms with Gasteiger partial charge >= 0.3 is 0 Å². The first-order valence-electron chi connectivity index (χ1n) is 4.83. The lowest BCUT2D eigenvalue weighted by atomic mass is 10.0. The van der Waals surface area contributed by atoms with Crippen molar-refractivity contribution in [1.82, 2.24) is 0 Å². The molecule has 0 spiro atoms. The summed E-state index contributed by atoms with van der Waals surface area (Å²) in [5.41, 5.74) is 7.45. The second-order valence-electron chi connectivity index (χ2n) is 3.42. The first-order valence-corrected chi connectivity index (χ1v) is 5.62. The van der Waals surface area contributed by atoms with Crippen LogP contribution in [0.15, 0.2) is 53.0 Å². The van der Waals surface area contributed by atoms with Crippen LogP contribution in [0.5, 0.6) is 0 Å². The lowest BCUT2D eigenvalue weighted by Crippen LogP contribution is -2.04. The van der Waals surface area contributed by atoms with Crippen LogP contribution in [0.2, 0.25) is 0 Å². The summed E-state index contributed by atoms with van der Waals surface area (Å²) in [6, 6.07) is 14.3. The summed E-state index contributed by atoms with van der Waals surface area (Å²) < 4.78 is 0.949. The summed E-state index contributed by atoms with van der Waals surface area (Å²) in [6.45, 7) is 0. The maximum atomic E-state index is 12.1. The van der Waals surface area contributed by atoms with E-state index >= 15 is 0 Å². The summed E-state index contributed by atoms with van der Waals surface area (Å²) in [5.74, 6) is -0.0504. The molecular weight excluding hydrogens is 266 g/mol. The Bertz CT molecular complexity index is 520. The van der Waals surface area contributed by atoms with E-state index in [4.69, 9.17) is 5.73 Å². The number of carbonyl (C=O) groups excluding carboxylic acids is 1. The van der Waals surface area contributed by atoms with Crippen LogP contribution < -0.4 is 5.73 Å². The molecule has 2 nitrogen and oxygen atoms in total. The van der Waals surface area contributed by atoms with Crippen molar-refractivity contribution < 1.29 is 4.79 Å². The van der Waals surface area contributed by atoms with Gasteiger partial charge in [-0.15, -0.1) is 0 Å². The minimum Gasteiger partial charge on any atom is -0.398 e. The van der Waals surface area contributed by atoms with E-state index in [-0.39, 0.29) is 5.78 Å². The second kappa shape index (κ2) is 4.49. The lowest BCUT2D eigenvalue weighted by Gasteiger charge is -2.04. The highest BCUT2D eigenvalue weighted by molar-refractivity contribution is 9.10. The standard InChI is InChI=1S/C13H10BrNO/c14-10-7-5-9(6-8-10)13(16)11-3-1-2-4-12(11)15/h1-8H,15H2. The molecule has 0 radical (unpaired) electrons. The third-order valence-electron chi connectivity index (χ3n) is 2.31. The zero-order valence-electron chi connectivity index (χ0n) is 8.48. The smallest absolute Gasteiger partial charge is 0.195 e. The minimum atomic E-state index is -0.0504. The highest BCUT2D eigenvalue weighted by Gasteiger charge is 2.10. The molecule has 0 aliphatic rings. The van der Waals surface area contributed by atoms with Gasteiger partial charge in [-0.3, -0.25) is 4.79 Å². The topological polar surface area (TPSA) is 43.1 Å². The van der Waals surface area contributed by atoms with Gasteiger partial charge in [0, 0.05) is 21.3 Å². The van der Waals surface area contributed by atoms with Crippen LogP contribution in [0.3, 0.4) is 0 Å². The van der Waals surface area contributed by atoms with Gasteiger partial charge in [0.25, 0.3) is 0 Å². The molecule has 0 bridgehead atoms. The number of nitrogen functional groups attached to an aromatic ring is 1. The maximum absolute atomic E-state index is 12.1. The second-order valence-corrected chi connectivity index (χ2v) is 4.34. The Morgan fingerprint density at radius 2 is 1.62 bits per heavy atom. The highest BCUT2D eigenvalue weighted by Crippen LogP contribution is 2.18. The number of halogens is 1. The number of ketones is 1. The van der Waals surface area contributed by atoms with Gasteiger partial charge < -0.3 is 5.73 Å². The fourth-order valence-electron chi connectivity index (χ4n) is 1.46. The Kier molecular flexibility index (Phi) is 3.06. The lowest BCUT2D eigenvalue weighted by molar-refractivity contribution is 0.103. The Labute approximate surface area is 102 Å². The molecule has 0 saturated carbocycles. The monoisotopic (exact) mass is 275 g/mol. The van der Waals surface area contributed by atoms with Gasteiger partial charge in [0.1, 0.15) is 0 Å². The van der Waals surface area contributed by atoms with Gasteiger partial charge in [0.05, 0.1) is 0 Å². The molecule has 0 fully saturated rings. The zero-order valence-corrected chi connectivity index (χ0v) is 10.1. The average Bonchev–Trinajstić information content (AvgIpc) is 2.30. The molecule has 16 heavy (non-hydrogen) atoms. The van der Waals surface area contributed by atoms with Crippen LogP contribution in [0, 0.1) is 0 Å². The summed E-state index contributed by atoms with van der Waals surface area (Å²) in [6.07, 6.45) is 0. The van der Waals surface area contributed by atoms with E-state index < -0.39 is 0 Å². The summed E-state index contributed by atoms with van der Waals surface area (Å²) >= 11 is 3.33. The van der Waals surface area contributed by atoms with Crippen molar-refractivity contribution >= 4 is 27.4 Å². The average molecular weight is 276 g/mol. The van der Waals surface area contributed by atoms with Crippen molar-refractivity contribution in [2.45, 2.75) is 0 Å². The van der Waals surface area contributed by atoms with Crippen molar-refractivity contribution in [3.05, 3.63) is 64.1 Å². The molecular formula is C13H10BrNO. The Hall–Kier alpha value is -1.61. The van der Waals surface area contributed by atoms with Crippen LogP contribution in [-0.4, -0.2) is 5.78 Å². The van der Waals surface area contributed by atoms with E-state index in [0.717, 1.165) is 4.47 Å². The van der Waals surface area contributed by atoms with E-state index in [1.807, 2.05) is 24.3 Å². The van der Waals surface area contributed by atoms with Crippen LogP contribution in [0.4, 0.5) is 5.69 Å². The molecule has 0 heterocycles. The molecule has 2 N–H and O–H groups in total. The molecule has 3 heteroatoms. The molecule has 2 aromatic rings. The summed E-state index contributed by atoms with van der Waals surface area (Å²) in [4.78, 5) is 12.1. The summed E-state index contributed by atoms with van der Waals surface area (Å²) in [5, 5.41) is 0. The molecule has 2 rings (SSSR count). The summed E-state index contributed by atoms with van der Waals surface area (Å²) in [7, 11) is 0. The third-order valence-corrected chi connectivity index (χ3v) is 2.84. The van der Waals surface area contributed by atoms with Crippen LogP contribution in [-0.2, 0) is 0 Å². The van der Waals surface area contributed by atoms with E-state index in [1.54, 1.807) is 24.3 Å². The Morgan fingerprint density at radius 3 is 2.25 bits per heavy atom. The number of hydrogen-bond donors (Lipinski definition) is 1. The SMILES string of the molecule is Nc1ccccc1C(=O)c1ccc(Br)cc1. The predicted octanol–water partition coefficient (Wildman–Crippen LogP) is 3.26. The number of anilines is 1. The fourth-order valence-corrected chi connectivity index (χ4v) is 1.72. The molecule has 0 aromatic heterocycles. The van der Waals surface area contributed by atoms with E-state index in [9.17, 15) is 4.79 Å². The van der Waals surface area contributed by atoms with Gasteiger partial charge in [-0.25, -0.2) is 0 Å². The van der Waals surface area contributed by atoms with Crippen molar-refractivity contribution in [3.63, 3.8) is 0 Å². The molecule has 80 valence electrons. The molecule has 2 aromatic carbocycles. The van der Waals surface area contributed by atoms with Crippen molar-refractivity contribution in [3.8, 4) is 0 Å². The van der Waals surface area contributed by atoms with Crippen molar-refractivity contribution in [2.24, 2.45) is 0 Å². The first-order chi connectivity index (χ1) is 7.68. The van der Waals surface area contributed by atoms with Gasteiger partial charge in [0.2, 0.25) is 0 Å². The molecule has 0 aliphatic carbocycles. The van der Waals surface area contributed by atoms with E-state index in [2.05, 4.69) is 15.9 Å². The number of benzene rings is 2. The Balaban J connectivity index is 2.40. The Morgan fingerprint density at radius 1 is 1.00 bits per heavy atom. The number of rotatable bonds is 2. The molecule has 0 amide bonds. The number of carbonyl (C=O) groups is 1. The van der Waals surface area contributed by atoms with Crippen LogP contribution in [0.1, 0.15) is 15.9 Å². The number of para-hydroxylation sites is 1. The maximum Gasteiger partial charge on any atom is 0.195 e. The van der Waals surface area contributed by atoms with Gasteiger partial charge in [0.15, 0.2) is 5.78 Å². The van der Waals surface area contributed by atoms with E-state index in [0.29, 0.717) is 16.8 Å². The van der Waals surface area contributed by atoms with Crippen LogP contribution in [0.25, 0.3) is 0 Å². The van der Waals surface area contributed by atoms with Gasteiger partial charge in [-0.2, -0.15) is 0 Å². The van der Waals surface area contributed by atoms with Crippen molar-refractivity contribution in [2.75, 3.05) is 5.73 Å².